The van der Waals surface area contributed by atoms with E-state index in [0.717, 1.165) is 0 Å². The van der Waals surface area contributed by atoms with E-state index in [9.17, 15) is 53.9 Å². The van der Waals surface area contributed by atoms with Crippen molar-refractivity contribution in [1.29, 1.82) is 0 Å². The number of nitrogens with one attached hydrogen (secondary N) is 5. The number of aliphatic imine (C=N–C) groups is 1. The number of nitrogens with two attached hydrogens (primary N) is 2. The number of aliphatic carboxylic acids is 2. The lowest BCUT2D eigenvalue weighted by atomic mass is 10.0. The largest absolute Gasteiger partial charge is 0.481 e. The molecule has 0 aromatic heterocycles. The number of benzene rings is 1. The van der Waals surface area contributed by atoms with E-state index in [4.69, 9.17) is 16.2 Å². The second-order valence-electron chi connectivity index (χ2n) is 11.3. The Morgan fingerprint density at radius 2 is 1.63 bits per heavy atom. The van der Waals surface area contributed by atoms with Crippen molar-refractivity contribution in [1.82, 2.24) is 26.6 Å². The number of rotatable bonds is 10. The van der Waals surface area contributed by atoms with Gasteiger partial charge in [-0.15, -0.1) is 0 Å². The topological polar surface area (TPSA) is 337 Å². The number of non-ortho nitro benzene ring substituents is 1. The number of ether oxygens (including phenoxy) is 1. The molecule has 1 aliphatic heterocycles. The zero-order valence-electron chi connectivity index (χ0n) is 26.0. The molecule has 0 radical (unpaired) electrons. The molecule has 0 spiro atoms. The summed E-state index contributed by atoms with van der Waals surface area (Å²) in [4.78, 5) is 103. The fourth-order valence-corrected chi connectivity index (χ4v) is 5.23. The van der Waals surface area contributed by atoms with Crippen molar-refractivity contribution in [3.05, 3.63) is 39.9 Å². The van der Waals surface area contributed by atoms with Crippen LogP contribution in [-0.2, 0) is 39.9 Å². The summed E-state index contributed by atoms with van der Waals surface area (Å²) in [5.74, 6) is -7.96. The monoisotopic (exact) mass is 691 g/mol. The first-order chi connectivity index (χ1) is 23.1. The van der Waals surface area contributed by atoms with Crippen LogP contribution < -0.4 is 38.1 Å². The number of carbonyl (C=O) groups is 7. The Morgan fingerprint density at radius 3 is 2.24 bits per heavy atom. The number of amides is 5. The van der Waals surface area contributed by atoms with Gasteiger partial charge in [-0.1, -0.05) is 12.1 Å². The van der Waals surface area contributed by atoms with E-state index in [-0.39, 0.29) is 50.3 Å². The van der Waals surface area contributed by atoms with Crippen molar-refractivity contribution in [2.24, 2.45) is 22.4 Å². The van der Waals surface area contributed by atoms with Crippen molar-refractivity contribution >= 4 is 53.3 Å². The van der Waals surface area contributed by atoms with Crippen LogP contribution in [-0.4, -0.2) is 106 Å². The Balaban J connectivity index is 1.97. The van der Waals surface area contributed by atoms with Crippen LogP contribution in [0.3, 0.4) is 0 Å². The third-order valence-electron chi connectivity index (χ3n) is 7.65. The van der Waals surface area contributed by atoms with Crippen molar-refractivity contribution in [2.75, 3.05) is 13.1 Å². The molecule has 21 heteroatoms. The minimum atomic E-state index is -1.74. The van der Waals surface area contributed by atoms with Gasteiger partial charge in [-0.25, -0.2) is 9.59 Å². The van der Waals surface area contributed by atoms with Crippen LogP contribution in [0.1, 0.15) is 37.7 Å². The lowest BCUT2D eigenvalue weighted by Crippen LogP contribution is -2.57. The summed E-state index contributed by atoms with van der Waals surface area (Å²) in [6, 6.07) is -1.46. The number of urea groups is 1. The molecule has 266 valence electrons. The lowest BCUT2D eigenvalue weighted by Gasteiger charge is -2.25. The smallest absolute Gasteiger partial charge is 0.329 e. The Kier molecular flexibility index (Phi) is 13.2. The summed E-state index contributed by atoms with van der Waals surface area (Å²) >= 11 is 0. The molecule has 1 heterocycles. The standard InChI is InChI=1S/C28H37N9O12/c29-27(30)31-7-1-2-16-23(41)32-12-21(38)33-19(11-22(39)40)26(45)49-20-10-14(25(43)44)9-17(20)35-28(46)36-18(24(42)34-16)8-13-3-5-15(6-4-13)37(47)48/h3-6,14,16-20H,1-2,7-12H2,(H,32,41)(H,33,38)(H,34,42)(H,39,40)(H,43,44)(H4,29,30,31)(H2,35,36,46)/t14-,16+,17+,18-,19+,20+/m1/s1. The number of nitro groups is 1. The Morgan fingerprint density at radius 1 is 0.939 bits per heavy atom. The summed E-state index contributed by atoms with van der Waals surface area (Å²) < 4.78 is 5.40. The fourth-order valence-electron chi connectivity index (χ4n) is 5.23. The van der Waals surface area contributed by atoms with Crippen LogP contribution in [0.2, 0.25) is 0 Å². The highest BCUT2D eigenvalue weighted by atomic mass is 16.6. The van der Waals surface area contributed by atoms with Gasteiger partial charge in [0.05, 0.1) is 29.8 Å². The van der Waals surface area contributed by atoms with E-state index < -0.39 is 95.7 Å². The van der Waals surface area contributed by atoms with Crippen LogP contribution >= 0.6 is 0 Å². The van der Waals surface area contributed by atoms with Crippen molar-refractivity contribution in [3.8, 4) is 0 Å². The van der Waals surface area contributed by atoms with E-state index in [2.05, 4.69) is 31.6 Å². The summed E-state index contributed by atoms with van der Waals surface area (Å²) in [5, 5.41) is 42.0. The molecule has 1 saturated carbocycles. The third kappa shape index (κ3) is 11.6. The van der Waals surface area contributed by atoms with Crippen molar-refractivity contribution in [2.45, 2.75) is 68.8 Å². The highest BCUT2D eigenvalue weighted by Crippen LogP contribution is 2.29. The molecule has 2 aliphatic rings. The molecule has 21 nitrogen and oxygen atoms in total. The van der Waals surface area contributed by atoms with E-state index in [1.165, 1.54) is 24.3 Å². The molecule has 6 atom stereocenters. The maximum atomic E-state index is 13.6. The molecule has 1 aliphatic carbocycles. The van der Waals surface area contributed by atoms with E-state index in [1.54, 1.807) is 0 Å². The molecule has 49 heavy (non-hydrogen) atoms. The highest BCUT2D eigenvalue weighted by molar-refractivity contribution is 5.94. The van der Waals surface area contributed by atoms with Gasteiger partial charge in [0.15, 0.2) is 5.96 Å². The average molecular weight is 692 g/mol. The first-order valence-electron chi connectivity index (χ1n) is 15.0. The highest BCUT2D eigenvalue weighted by Gasteiger charge is 2.43. The second kappa shape index (κ2) is 17.2. The maximum Gasteiger partial charge on any atom is 0.329 e. The average Bonchev–Trinajstić information content (AvgIpc) is 3.42. The fraction of sp³-hybridized carbons (Fsp3) is 0.500. The zero-order chi connectivity index (χ0) is 36.2. The predicted octanol–water partition coefficient (Wildman–Crippen LogP) is -2.79. The molecule has 2 fully saturated rings. The van der Waals surface area contributed by atoms with E-state index >= 15 is 0 Å². The van der Waals surface area contributed by atoms with Gasteiger partial charge in [0, 0.05) is 25.1 Å². The van der Waals surface area contributed by atoms with Crippen LogP contribution in [0.25, 0.3) is 0 Å². The first kappa shape index (κ1) is 37.4. The number of nitrogens with zero attached hydrogens (tertiary/aromatic N) is 2. The molecule has 1 aromatic rings. The van der Waals surface area contributed by atoms with Crippen LogP contribution in [0, 0.1) is 16.0 Å². The maximum absolute atomic E-state index is 13.6. The minimum Gasteiger partial charge on any atom is -0.481 e. The first-order valence-corrected chi connectivity index (χ1v) is 15.0. The molecule has 0 unspecified atom stereocenters. The number of hydrogen-bond donors (Lipinski definition) is 9. The Labute approximate surface area is 277 Å². The summed E-state index contributed by atoms with van der Waals surface area (Å²) in [6.45, 7) is -0.686. The van der Waals surface area contributed by atoms with Gasteiger partial charge in [-0.2, -0.15) is 0 Å². The molecule has 11 N–H and O–H groups in total. The van der Waals surface area contributed by atoms with Gasteiger partial charge >= 0.3 is 23.9 Å². The van der Waals surface area contributed by atoms with Gasteiger partial charge in [-0.05, 0) is 31.2 Å². The minimum absolute atomic E-state index is 0.0548. The van der Waals surface area contributed by atoms with Gasteiger partial charge in [0.25, 0.3) is 5.69 Å². The number of carboxylic acid groups (broad SMARTS) is 2. The third-order valence-corrected chi connectivity index (χ3v) is 7.65. The van der Waals surface area contributed by atoms with E-state index in [1.807, 2.05) is 0 Å². The van der Waals surface area contributed by atoms with Gasteiger partial charge < -0.3 is 53.0 Å². The number of hydrogen-bond acceptors (Lipinski definition) is 11. The van der Waals surface area contributed by atoms with Crippen LogP contribution in [0.15, 0.2) is 29.3 Å². The Hall–Kier alpha value is -6.02. The number of nitro benzene ring substituents is 1. The number of esters is 1. The van der Waals surface area contributed by atoms with Crippen LogP contribution in [0.5, 0.6) is 0 Å². The van der Waals surface area contributed by atoms with E-state index in [0.29, 0.717) is 5.56 Å². The molecular formula is C28H37N9O12. The number of guanidine groups is 1. The molecule has 1 aromatic carbocycles. The molecule has 5 amide bonds. The number of fused-ring (bicyclic) bond motifs is 1. The summed E-state index contributed by atoms with van der Waals surface area (Å²) in [5.41, 5.74) is 10.8. The van der Waals surface area contributed by atoms with Crippen molar-refractivity contribution in [3.63, 3.8) is 0 Å². The normalized spacial score (nSPS) is 25.1. The molecular weight excluding hydrogens is 654 g/mol. The summed E-state index contributed by atoms with van der Waals surface area (Å²) in [6.07, 6.45) is -2.75. The zero-order valence-corrected chi connectivity index (χ0v) is 26.0. The molecule has 0 bridgehead atoms. The van der Waals surface area contributed by atoms with Gasteiger partial charge in [0.1, 0.15) is 24.2 Å². The summed E-state index contributed by atoms with van der Waals surface area (Å²) in [7, 11) is 0. The number of carboxylic acids is 2. The SMILES string of the molecule is NC(N)=NCCC[C@@H]1NC(=O)[C@@H](Cc2ccc([N+](=O)[O-])cc2)NC(=O)N[C@H]2C[C@@H](C(=O)O)C[C@@H]2OC(=O)[C@H](CC(=O)O)NC(=O)CNC1=O. The number of carbonyl (C=O) groups excluding carboxylic acids is 5. The predicted molar refractivity (Wildman–Crippen MR) is 165 cm³/mol. The van der Waals surface area contributed by atoms with Crippen LogP contribution in [0.4, 0.5) is 10.5 Å². The van der Waals surface area contributed by atoms with Crippen molar-refractivity contribution < 1.29 is 53.4 Å². The molecule has 3 rings (SSSR count). The van der Waals surface area contributed by atoms with Gasteiger partial charge in [0.2, 0.25) is 17.7 Å². The molecule has 1 saturated heterocycles. The van der Waals surface area contributed by atoms with Gasteiger partial charge in [-0.3, -0.25) is 39.1 Å². The quantitative estimate of drug-likeness (QED) is 0.0299. The second-order valence-corrected chi connectivity index (χ2v) is 11.3. The lowest BCUT2D eigenvalue weighted by molar-refractivity contribution is -0.384. The Bertz CT molecular complexity index is 1480.